The number of aryl methyl sites for hydroxylation is 2. The van der Waals surface area contributed by atoms with Crippen LogP contribution in [0.5, 0.6) is 0 Å². The van der Waals surface area contributed by atoms with Gasteiger partial charge in [-0.1, -0.05) is 72.3 Å². The zero-order valence-electron chi connectivity index (χ0n) is 17.9. The molecule has 0 unspecified atom stereocenters. The van der Waals surface area contributed by atoms with Crippen LogP contribution in [-0.4, -0.2) is 18.1 Å². The van der Waals surface area contributed by atoms with Crippen molar-refractivity contribution in [2.45, 2.75) is 19.3 Å². The number of hydrogen-bond acceptors (Lipinski definition) is 3. The average molecular weight is 442 g/mol. The minimum Gasteiger partial charge on any atom is -0.465 e. The van der Waals surface area contributed by atoms with Crippen molar-refractivity contribution >= 4 is 40.6 Å². The van der Waals surface area contributed by atoms with Crippen molar-refractivity contribution in [2.75, 3.05) is 7.11 Å². The molecule has 32 heavy (non-hydrogen) atoms. The zero-order chi connectivity index (χ0) is 22.3. The number of benzene rings is 3. The normalized spacial score (nSPS) is 11.2. The number of methoxy groups -OCH3 is 1. The van der Waals surface area contributed by atoms with Gasteiger partial charge in [-0.2, -0.15) is 0 Å². The van der Waals surface area contributed by atoms with Gasteiger partial charge in [-0.15, -0.1) is 0 Å². The third kappa shape index (κ3) is 5.43. The number of halogens is 1. The van der Waals surface area contributed by atoms with Gasteiger partial charge >= 0.3 is 5.97 Å². The van der Waals surface area contributed by atoms with E-state index in [1.165, 1.54) is 12.7 Å². The number of esters is 1. The predicted molar refractivity (Wildman–Crippen MR) is 132 cm³/mol. The number of carbonyl (C=O) groups excluding carboxylic acids is 1. The summed E-state index contributed by atoms with van der Waals surface area (Å²) in [5, 5.41) is 1.76. The van der Waals surface area contributed by atoms with Crippen molar-refractivity contribution in [2.24, 2.45) is 0 Å². The highest BCUT2D eigenvalue weighted by atomic mass is 35.5. The van der Waals surface area contributed by atoms with Gasteiger partial charge < -0.3 is 4.74 Å². The number of hydrogen-bond donors (Lipinski definition) is 0. The van der Waals surface area contributed by atoms with Crippen LogP contribution in [0.4, 0.5) is 0 Å². The number of fused-ring (bicyclic) bond motifs is 1. The maximum absolute atomic E-state index is 11.9. The van der Waals surface area contributed by atoms with Gasteiger partial charge in [-0.3, -0.25) is 0 Å². The third-order valence-electron chi connectivity index (χ3n) is 5.41. The van der Waals surface area contributed by atoms with Gasteiger partial charge in [0.05, 0.1) is 23.9 Å². The standard InChI is InChI=1S/C28H24ClNO2/c1-32-28(31)26-11-3-2-9-22(26)10-5-8-20-6-4-7-21(18-20)12-16-25-17-14-23-13-15-24(29)19-27(23)30-25/h2-4,6-7,9,11-19H,5,8,10H2,1H3. The lowest BCUT2D eigenvalue weighted by molar-refractivity contribution is 0.0599. The topological polar surface area (TPSA) is 39.2 Å². The Morgan fingerprint density at radius 3 is 2.66 bits per heavy atom. The average Bonchev–Trinajstić information content (AvgIpc) is 2.82. The SMILES string of the molecule is COC(=O)c1ccccc1CCCc1cccc(C=Cc2ccc3ccc(Cl)cc3n2)c1. The lowest BCUT2D eigenvalue weighted by atomic mass is 9.99. The van der Waals surface area contributed by atoms with Crippen molar-refractivity contribution in [1.29, 1.82) is 0 Å². The Balaban J connectivity index is 1.41. The molecule has 1 aromatic heterocycles. The van der Waals surface area contributed by atoms with Crippen LogP contribution in [0, 0.1) is 0 Å². The lowest BCUT2D eigenvalue weighted by Crippen LogP contribution is -2.05. The van der Waals surface area contributed by atoms with E-state index < -0.39 is 0 Å². The highest BCUT2D eigenvalue weighted by molar-refractivity contribution is 6.31. The summed E-state index contributed by atoms with van der Waals surface area (Å²) in [5.74, 6) is -0.280. The van der Waals surface area contributed by atoms with Crippen molar-refractivity contribution < 1.29 is 9.53 Å². The second kappa shape index (κ2) is 10.3. The summed E-state index contributed by atoms with van der Waals surface area (Å²) >= 11 is 6.09. The van der Waals surface area contributed by atoms with E-state index in [-0.39, 0.29) is 5.97 Å². The maximum Gasteiger partial charge on any atom is 0.338 e. The molecular weight excluding hydrogens is 418 g/mol. The van der Waals surface area contributed by atoms with Gasteiger partial charge in [0.1, 0.15) is 0 Å². The van der Waals surface area contributed by atoms with Crippen molar-refractivity contribution in [3.05, 3.63) is 112 Å². The molecule has 0 saturated carbocycles. The van der Waals surface area contributed by atoms with E-state index in [0.29, 0.717) is 10.6 Å². The predicted octanol–water partition coefficient (Wildman–Crippen LogP) is 7.02. The fourth-order valence-electron chi connectivity index (χ4n) is 3.76. The fraction of sp³-hybridized carbons (Fsp3) is 0.143. The van der Waals surface area contributed by atoms with E-state index in [1.807, 2.05) is 54.6 Å². The first-order valence-corrected chi connectivity index (χ1v) is 11.0. The summed E-state index contributed by atoms with van der Waals surface area (Å²) in [4.78, 5) is 16.6. The first-order chi connectivity index (χ1) is 15.6. The smallest absolute Gasteiger partial charge is 0.338 e. The Hall–Kier alpha value is -3.43. The van der Waals surface area contributed by atoms with E-state index in [9.17, 15) is 4.79 Å². The van der Waals surface area contributed by atoms with E-state index >= 15 is 0 Å². The molecule has 160 valence electrons. The highest BCUT2D eigenvalue weighted by Gasteiger charge is 2.10. The van der Waals surface area contributed by atoms with Crippen LogP contribution >= 0.6 is 11.6 Å². The molecule has 4 heteroatoms. The number of rotatable bonds is 7. The van der Waals surface area contributed by atoms with Crippen LogP contribution in [0.25, 0.3) is 23.1 Å². The maximum atomic E-state index is 11.9. The van der Waals surface area contributed by atoms with Crippen LogP contribution in [-0.2, 0) is 17.6 Å². The monoisotopic (exact) mass is 441 g/mol. The van der Waals surface area contributed by atoms with Gasteiger partial charge in [0.25, 0.3) is 0 Å². The first-order valence-electron chi connectivity index (χ1n) is 10.6. The summed E-state index contributed by atoms with van der Waals surface area (Å²) in [6, 6.07) is 25.9. The quantitative estimate of drug-likeness (QED) is 0.289. The van der Waals surface area contributed by atoms with E-state index in [4.69, 9.17) is 16.3 Å². The lowest BCUT2D eigenvalue weighted by Gasteiger charge is -2.08. The highest BCUT2D eigenvalue weighted by Crippen LogP contribution is 2.19. The molecule has 0 aliphatic heterocycles. The Bertz CT molecular complexity index is 1280. The fourth-order valence-corrected chi connectivity index (χ4v) is 3.93. The molecule has 0 amide bonds. The molecule has 1 heterocycles. The van der Waals surface area contributed by atoms with Crippen molar-refractivity contribution in [3.63, 3.8) is 0 Å². The molecule has 4 aromatic rings. The zero-order valence-corrected chi connectivity index (χ0v) is 18.7. The summed E-state index contributed by atoms with van der Waals surface area (Å²) in [7, 11) is 1.42. The third-order valence-corrected chi connectivity index (χ3v) is 5.64. The molecule has 0 atom stereocenters. The molecule has 0 aliphatic rings. The van der Waals surface area contributed by atoms with Crippen LogP contribution in [0.1, 0.15) is 39.2 Å². The van der Waals surface area contributed by atoms with Crippen LogP contribution in [0.15, 0.2) is 78.9 Å². The number of carbonyl (C=O) groups is 1. The Labute approximate surface area is 193 Å². The molecule has 3 nitrogen and oxygen atoms in total. The Morgan fingerprint density at radius 1 is 0.938 bits per heavy atom. The molecule has 0 saturated heterocycles. The minimum absolute atomic E-state index is 0.280. The molecule has 0 N–H and O–H groups in total. The van der Waals surface area contributed by atoms with E-state index in [0.717, 1.165) is 47.0 Å². The second-order valence-electron chi connectivity index (χ2n) is 7.65. The number of aromatic nitrogens is 1. The molecule has 0 radical (unpaired) electrons. The van der Waals surface area contributed by atoms with E-state index in [2.05, 4.69) is 41.4 Å². The van der Waals surface area contributed by atoms with Gasteiger partial charge in [-0.05, 0) is 66.3 Å². The molecule has 0 spiro atoms. The van der Waals surface area contributed by atoms with E-state index in [1.54, 1.807) is 0 Å². The van der Waals surface area contributed by atoms with Crippen LogP contribution in [0.2, 0.25) is 5.02 Å². The second-order valence-corrected chi connectivity index (χ2v) is 8.09. The number of pyridine rings is 1. The van der Waals surface area contributed by atoms with Gasteiger partial charge in [0.2, 0.25) is 0 Å². The van der Waals surface area contributed by atoms with Crippen molar-refractivity contribution in [1.82, 2.24) is 4.98 Å². The van der Waals surface area contributed by atoms with Gasteiger partial charge in [0.15, 0.2) is 0 Å². The summed E-state index contributed by atoms with van der Waals surface area (Å²) in [6.45, 7) is 0. The first kappa shape index (κ1) is 21.8. The molecule has 0 fully saturated rings. The molecular formula is C28H24ClNO2. The largest absolute Gasteiger partial charge is 0.465 e. The van der Waals surface area contributed by atoms with Gasteiger partial charge in [0, 0.05) is 10.4 Å². The van der Waals surface area contributed by atoms with Crippen LogP contribution < -0.4 is 0 Å². The molecule has 4 rings (SSSR count). The molecule has 3 aromatic carbocycles. The number of nitrogens with zero attached hydrogens (tertiary/aromatic N) is 1. The van der Waals surface area contributed by atoms with Crippen molar-refractivity contribution in [3.8, 4) is 0 Å². The summed E-state index contributed by atoms with van der Waals surface area (Å²) < 4.78 is 4.89. The minimum atomic E-state index is -0.280. The Kier molecular flexibility index (Phi) is 6.98. The Morgan fingerprint density at radius 2 is 1.78 bits per heavy atom. The van der Waals surface area contributed by atoms with Crippen LogP contribution in [0.3, 0.4) is 0 Å². The summed E-state index contributed by atoms with van der Waals surface area (Å²) in [5.41, 5.74) is 5.85. The molecule has 0 bridgehead atoms. The van der Waals surface area contributed by atoms with Gasteiger partial charge in [-0.25, -0.2) is 9.78 Å². The molecule has 0 aliphatic carbocycles. The number of ether oxygens (including phenoxy) is 1. The summed E-state index contributed by atoms with van der Waals surface area (Å²) in [6.07, 6.45) is 6.81.